The first-order valence-electron chi connectivity index (χ1n) is 6.49. The zero-order chi connectivity index (χ0) is 14.8. The molecule has 1 aromatic rings. The maximum atomic E-state index is 11.6. The van der Waals surface area contributed by atoms with Crippen LogP contribution >= 0.6 is 0 Å². The molecule has 1 aliphatic heterocycles. The fraction of sp³-hybridized carbons (Fsp3) is 0.750. The molecule has 0 saturated carbocycles. The minimum Gasteiger partial charge on any atom is -0.444 e. The highest BCUT2D eigenvalue weighted by Gasteiger charge is 2.26. The van der Waals surface area contributed by atoms with Crippen molar-refractivity contribution in [2.45, 2.75) is 45.6 Å². The number of aliphatic hydroxyl groups excluding tert-OH is 1. The van der Waals surface area contributed by atoms with E-state index >= 15 is 0 Å². The van der Waals surface area contributed by atoms with Gasteiger partial charge in [0.15, 0.2) is 11.6 Å². The molecule has 0 fully saturated rings. The van der Waals surface area contributed by atoms with Crippen LogP contribution < -0.4 is 5.32 Å². The standard InChI is InChI=1S/C12H20N4O4/c1-12(2,3)20-11(18)13-4-8-6-19-7-10-15-14-9(5-17)16(8)10/h8,17H,4-7H2,1-3H3,(H,13,18). The van der Waals surface area contributed by atoms with E-state index in [2.05, 4.69) is 15.5 Å². The van der Waals surface area contributed by atoms with Crippen molar-refractivity contribution in [1.29, 1.82) is 0 Å². The molecule has 0 spiro atoms. The molecule has 112 valence electrons. The van der Waals surface area contributed by atoms with Crippen LogP contribution in [0.4, 0.5) is 4.79 Å². The van der Waals surface area contributed by atoms with E-state index < -0.39 is 11.7 Å². The van der Waals surface area contributed by atoms with E-state index in [0.717, 1.165) is 0 Å². The third-order valence-electron chi connectivity index (χ3n) is 2.77. The molecule has 2 heterocycles. The van der Waals surface area contributed by atoms with E-state index in [0.29, 0.717) is 31.4 Å². The Bertz CT molecular complexity index is 467. The topological polar surface area (TPSA) is 98.5 Å². The molecule has 20 heavy (non-hydrogen) atoms. The van der Waals surface area contributed by atoms with Crippen LogP contribution in [0.2, 0.25) is 0 Å². The van der Waals surface area contributed by atoms with Crippen molar-refractivity contribution in [3.8, 4) is 0 Å². The van der Waals surface area contributed by atoms with Gasteiger partial charge in [0, 0.05) is 6.54 Å². The number of ether oxygens (including phenoxy) is 2. The number of aliphatic hydroxyl groups is 1. The molecule has 0 aromatic carbocycles. The van der Waals surface area contributed by atoms with Gasteiger partial charge in [-0.05, 0) is 20.8 Å². The number of hydrogen-bond donors (Lipinski definition) is 2. The van der Waals surface area contributed by atoms with Gasteiger partial charge in [-0.3, -0.25) is 0 Å². The van der Waals surface area contributed by atoms with Crippen molar-refractivity contribution in [1.82, 2.24) is 20.1 Å². The van der Waals surface area contributed by atoms with Gasteiger partial charge in [0.25, 0.3) is 0 Å². The molecule has 2 N–H and O–H groups in total. The number of alkyl carbamates (subject to hydrolysis) is 1. The number of nitrogens with one attached hydrogen (secondary N) is 1. The molecular formula is C12H20N4O4. The molecule has 1 unspecified atom stereocenters. The zero-order valence-electron chi connectivity index (χ0n) is 11.9. The van der Waals surface area contributed by atoms with Crippen LogP contribution in [-0.2, 0) is 22.7 Å². The molecule has 0 saturated heterocycles. The Balaban J connectivity index is 1.98. The molecule has 8 nitrogen and oxygen atoms in total. The average molecular weight is 284 g/mol. The summed E-state index contributed by atoms with van der Waals surface area (Å²) < 4.78 is 12.4. The second-order valence-electron chi connectivity index (χ2n) is 5.61. The first-order valence-corrected chi connectivity index (χ1v) is 6.49. The van der Waals surface area contributed by atoms with Crippen molar-refractivity contribution in [3.63, 3.8) is 0 Å². The lowest BCUT2D eigenvalue weighted by Gasteiger charge is -2.27. The monoisotopic (exact) mass is 284 g/mol. The third-order valence-corrected chi connectivity index (χ3v) is 2.77. The SMILES string of the molecule is CC(C)(C)OC(=O)NCC1COCc2nnc(CO)n21. The van der Waals surface area contributed by atoms with Crippen LogP contribution in [0.25, 0.3) is 0 Å². The van der Waals surface area contributed by atoms with Crippen molar-refractivity contribution in [3.05, 3.63) is 11.6 Å². The summed E-state index contributed by atoms with van der Waals surface area (Å²) in [5.74, 6) is 1.12. The Hall–Kier alpha value is -1.67. The van der Waals surface area contributed by atoms with Crippen LogP contribution in [0.1, 0.15) is 38.5 Å². The molecule has 0 radical (unpaired) electrons. The highest BCUT2D eigenvalue weighted by molar-refractivity contribution is 5.67. The summed E-state index contributed by atoms with van der Waals surface area (Å²) in [5.41, 5.74) is -0.537. The molecule has 8 heteroatoms. The lowest BCUT2D eigenvalue weighted by Crippen LogP contribution is -2.39. The van der Waals surface area contributed by atoms with Crippen molar-refractivity contribution in [2.75, 3.05) is 13.2 Å². The molecule has 1 atom stereocenters. The van der Waals surface area contributed by atoms with E-state index in [4.69, 9.17) is 9.47 Å². The quantitative estimate of drug-likeness (QED) is 0.832. The van der Waals surface area contributed by atoms with Gasteiger partial charge in [-0.15, -0.1) is 10.2 Å². The van der Waals surface area contributed by atoms with E-state index in [1.165, 1.54) is 0 Å². The Labute approximate surface area is 117 Å². The van der Waals surface area contributed by atoms with Gasteiger partial charge in [-0.1, -0.05) is 0 Å². The highest BCUT2D eigenvalue weighted by atomic mass is 16.6. The molecule has 1 amide bonds. The van der Waals surface area contributed by atoms with Gasteiger partial charge in [-0.25, -0.2) is 4.79 Å². The van der Waals surface area contributed by atoms with Gasteiger partial charge in [-0.2, -0.15) is 0 Å². The zero-order valence-corrected chi connectivity index (χ0v) is 11.9. The number of aromatic nitrogens is 3. The predicted molar refractivity (Wildman–Crippen MR) is 68.9 cm³/mol. The Morgan fingerprint density at radius 2 is 2.30 bits per heavy atom. The second kappa shape index (κ2) is 5.76. The van der Waals surface area contributed by atoms with Gasteiger partial charge in [0.05, 0.1) is 12.6 Å². The van der Waals surface area contributed by atoms with Crippen LogP contribution in [0, 0.1) is 0 Å². The lowest BCUT2D eigenvalue weighted by molar-refractivity contribution is 0.0398. The van der Waals surface area contributed by atoms with Crippen molar-refractivity contribution in [2.24, 2.45) is 0 Å². The molecule has 1 aliphatic rings. The summed E-state index contributed by atoms with van der Waals surface area (Å²) in [4.78, 5) is 11.6. The minimum atomic E-state index is -0.537. The van der Waals surface area contributed by atoms with Crippen LogP contribution in [0.5, 0.6) is 0 Å². The summed E-state index contributed by atoms with van der Waals surface area (Å²) >= 11 is 0. The number of nitrogens with zero attached hydrogens (tertiary/aromatic N) is 3. The predicted octanol–water partition coefficient (Wildman–Crippen LogP) is 0.366. The number of carbonyl (C=O) groups excluding carboxylic acids is 1. The van der Waals surface area contributed by atoms with Gasteiger partial charge in [0.1, 0.15) is 18.8 Å². The van der Waals surface area contributed by atoms with Crippen molar-refractivity contribution >= 4 is 6.09 Å². The largest absolute Gasteiger partial charge is 0.444 e. The fourth-order valence-electron chi connectivity index (χ4n) is 2.01. The molecule has 2 rings (SSSR count). The van der Waals surface area contributed by atoms with E-state index in [1.54, 1.807) is 25.3 Å². The average Bonchev–Trinajstić information content (AvgIpc) is 2.77. The second-order valence-corrected chi connectivity index (χ2v) is 5.61. The summed E-state index contributed by atoms with van der Waals surface area (Å²) in [7, 11) is 0. The van der Waals surface area contributed by atoms with E-state index in [1.807, 2.05) is 0 Å². The van der Waals surface area contributed by atoms with Crippen LogP contribution in [-0.4, -0.2) is 44.7 Å². The van der Waals surface area contributed by atoms with Gasteiger partial charge in [0.2, 0.25) is 0 Å². The number of fused-ring (bicyclic) bond motifs is 1. The minimum absolute atomic E-state index is 0.150. The Kier molecular flexibility index (Phi) is 4.24. The number of rotatable bonds is 3. The summed E-state index contributed by atoms with van der Waals surface area (Å²) in [6, 6.07) is -0.150. The summed E-state index contributed by atoms with van der Waals surface area (Å²) in [6.07, 6.45) is -0.483. The van der Waals surface area contributed by atoms with Crippen molar-refractivity contribution < 1.29 is 19.4 Å². The van der Waals surface area contributed by atoms with Crippen LogP contribution in [0.15, 0.2) is 0 Å². The van der Waals surface area contributed by atoms with Gasteiger partial charge >= 0.3 is 6.09 Å². The molecule has 1 aromatic heterocycles. The maximum absolute atomic E-state index is 11.6. The smallest absolute Gasteiger partial charge is 0.407 e. The third kappa shape index (κ3) is 3.45. The number of hydrogen-bond acceptors (Lipinski definition) is 6. The molecular weight excluding hydrogens is 264 g/mol. The highest BCUT2D eigenvalue weighted by Crippen LogP contribution is 2.19. The first kappa shape index (κ1) is 14.7. The van der Waals surface area contributed by atoms with E-state index in [9.17, 15) is 9.90 Å². The van der Waals surface area contributed by atoms with E-state index in [-0.39, 0.29) is 12.6 Å². The summed E-state index contributed by atoms with van der Waals surface area (Å²) in [5, 5.41) is 19.8. The maximum Gasteiger partial charge on any atom is 0.407 e. The van der Waals surface area contributed by atoms with Gasteiger partial charge < -0.3 is 24.5 Å². The fourth-order valence-corrected chi connectivity index (χ4v) is 2.01. The lowest BCUT2D eigenvalue weighted by atomic mass is 10.2. The molecule has 0 aliphatic carbocycles. The van der Waals surface area contributed by atoms with Crippen LogP contribution in [0.3, 0.4) is 0 Å². The molecule has 0 bridgehead atoms. The first-order chi connectivity index (χ1) is 9.40. The summed E-state index contributed by atoms with van der Waals surface area (Å²) in [6.45, 7) is 6.32. The Morgan fingerprint density at radius 1 is 1.55 bits per heavy atom. The normalized spacial score (nSPS) is 18.5. The Morgan fingerprint density at radius 3 is 2.95 bits per heavy atom. The number of amides is 1. The number of carbonyl (C=O) groups is 1.